The summed E-state index contributed by atoms with van der Waals surface area (Å²) in [6.07, 6.45) is 7.53. The molecular formula is C24H30N4O4S. The topological polar surface area (TPSA) is 114 Å². The van der Waals surface area contributed by atoms with E-state index in [0.29, 0.717) is 12.3 Å². The first-order valence-electron chi connectivity index (χ1n) is 11.5. The van der Waals surface area contributed by atoms with Gasteiger partial charge in [-0.3, -0.25) is 0 Å². The SMILES string of the molecule is CC(C)(C)OC(=O)NC1CCC(Oc2ncnc3sc4c(c23)[C@@H](CC(C#N)C=O)CC4)CC1. The van der Waals surface area contributed by atoms with Crippen molar-refractivity contribution in [3.05, 3.63) is 16.8 Å². The van der Waals surface area contributed by atoms with Crippen LogP contribution in [0.5, 0.6) is 5.88 Å². The van der Waals surface area contributed by atoms with E-state index in [1.165, 1.54) is 11.2 Å². The Balaban J connectivity index is 1.44. The quantitative estimate of drug-likeness (QED) is 0.610. The van der Waals surface area contributed by atoms with Gasteiger partial charge in [0.1, 0.15) is 35.1 Å². The van der Waals surface area contributed by atoms with E-state index in [0.717, 1.165) is 60.6 Å². The lowest BCUT2D eigenvalue weighted by Gasteiger charge is -2.30. The van der Waals surface area contributed by atoms with E-state index in [1.54, 1.807) is 11.3 Å². The maximum absolute atomic E-state index is 12.1. The third-order valence-electron chi connectivity index (χ3n) is 6.24. The van der Waals surface area contributed by atoms with Gasteiger partial charge in [0.15, 0.2) is 0 Å². The molecule has 0 aromatic carbocycles. The first-order valence-corrected chi connectivity index (χ1v) is 12.4. The number of aryl methyl sites for hydroxylation is 1. The molecule has 0 saturated heterocycles. The summed E-state index contributed by atoms with van der Waals surface area (Å²) in [5.74, 6) is 0.135. The molecule has 9 heteroatoms. The maximum atomic E-state index is 12.1. The molecule has 0 spiro atoms. The fourth-order valence-corrected chi connectivity index (χ4v) is 6.00. The highest BCUT2D eigenvalue weighted by atomic mass is 32.1. The van der Waals surface area contributed by atoms with Crippen molar-refractivity contribution < 1.29 is 19.1 Å². The molecule has 4 rings (SSSR count). The van der Waals surface area contributed by atoms with Crippen molar-refractivity contribution >= 4 is 33.9 Å². The largest absolute Gasteiger partial charge is 0.474 e. The lowest BCUT2D eigenvalue weighted by atomic mass is 9.91. The predicted molar refractivity (Wildman–Crippen MR) is 124 cm³/mol. The molecule has 2 atom stereocenters. The van der Waals surface area contributed by atoms with Gasteiger partial charge in [-0.15, -0.1) is 11.3 Å². The predicted octanol–water partition coefficient (Wildman–Crippen LogP) is 4.66. The highest BCUT2D eigenvalue weighted by Crippen LogP contribution is 2.48. The molecule has 1 fully saturated rings. The van der Waals surface area contributed by atoms with E-state index in [1.807, 2.05) is 20.8 Å². The number of aldehydes is 1. The third kappa shape index (κ3) is 5.44. The van der Waals surface area contributed by atoms with Crippen LogP contribution >= 0.6 is 11.3 Å². The number of nitrogens with zero attached hydrogens (tertiary/aromatic N) is 3. The van der Waals surface area contributed by atoms with Gasteiger partial charge < -0.3 is 19.6 Å². The zero-order valence-corrected chi connectivity index (χ0v) is 20.1. The summed E-state index contributed by atoms with van der Waals surface area (Å²) in [4.78, 5) is 34.4. The number of hydrogen-bond donors (Lipinski definition) is 1. The van der Waals surface area contributed by atoms with Gasteiger partial charge in [-0.05, 0) is 77.2 Å². The van der Waals surface area contributed by atoms with E-state index in [9.17, 15) is 14.9 Å². The number of nitrogens with one attached hydrogen (secondary N) is 1. The van der Waals surface area contributed by atoms with Crippen LogP contribution in [0.4, 0.5) is 4.79 Å². The van der Waals surface area contributed by atoms with Crippen molar-refractivity contribution in [3.8, 4) is 11.9 Å². The summed E-state index contributed by atoms with van der Waals surface area (Å²) >= 11 is 1.66. The number of aromatic nitrogens is 2. The molecule has 8 nitrogen and oxygen atoms in total. The summed E-state index contributed by atoms with van der Waals surface area (Å²) in [6, 6.07) is 2.17. The Labute approximate surface area is 197 Å². The number of carbonyl (C=O) groups is 2. The van der Waals surface area contributed by atoms with Crippen LogP contribution in [0.1, 0.15) is 75.7 Å². The van der Waals surface area contributed by atoms with E-state index < -0.39 is 11.5 Å². The van der Waals surface area contributed by atoms with Crippen molar-refractivity contribution in [1.29, 1.82) is 5.26 Å². The van der Waals surface area contributed by atoms with Crippen molar-refractivity contribution in [2.45, 2.75) is 89.4 Å². The van der Waals surface area contributed by atoms with Crippen molar-refractivity contribution in [2.24, 2.45) is 5.92 Å². The van der Waals surface area contributed by atoms with E-state index in [-0.39, 0.29) is 24.2 Å². The summed E-state index contributed by atoms with van der Waals surface area (Å²) in [6.45, 7) is 5.56. The summed E-state index contributed by atoms with van der Waals surface area (Å²) in [5, 5.41) is 13.1. The number of hydrogen-bond acceptors (Lipinski definition) is 8. The standard InChI is InChI=1S/C24H30N4O4S/c1-24(2,3)32-23(30)28-16-5-7-17(8-6-16)31-21-20-19-15(10-14(11-25)12-29)4-9-18(19)33-22(20)27-13-26-21/h12-17H,4-10H2,1-3H3,(H,28,30)/t14?,15-,16?,17?/m1/s1. The molecule has 2 aliphatic carbocycles. The van der Waals surface area contributed by atoms with Crippen LogP contribution in [0.2, 0.25) is 0 Å². The summed E-state index contributed by atoms with van der Waals surface area (Å²) in [5.41, 5.74) is 0.647. The van der Waals surface area contributed by atoms with Crippen LogP contribution in [0.15, 0.2) is 6.33 Å². The molecule has 1 amide bonds. The van der Waals surface area contributed by atoms with Gasteiger partial charge in [-0.1, -0.05) is 0 Å². The number of amides is 1. The zero-order chi connectivity index (χ0) is 23.6. The molecule has 1 N–H and O–H groups in total. The minimum absolute atomic E-state index is 0.0111. The average Bonchev–Trinajstić information content (AvgIpc) is 3.31. The van der Waals surface area contributed by atoms with Gasteiger partial charge >= 0.3 is 6.09 Å². The Morgan fingerprint density at radius 3 is 2.73 bits per heavy atom. The molecule has 0 radical (unpaired) electrons. The Morgan fingerprint density at radius 2 is 2.06 bits per heavy atom. The Bertz CT molecular complexity index is 1060. The van der Waals surface area contributed by atoms with Crippen LogP contribution < -0.4 is 10.1 Å². The molecule has 1 saturated carbocycles. The fraction of sp³-hybridized carbons (Fsp3) is 0.625. The highest BCUT2D eigenvalue weighted by molar-refractivity contribution is 7.19. The number of alkyl carbamates (subject to hydrolysis) is 1. The molecule has 1 unspecified atom stereocenters. The lowest BCUT2D eigenvalue weighted by Crippen LogP contribution is -2.42. The smallest absolute Gasteiger partial charge is 0.407 e. The number of ether oxygens (including phenoxy) is 2. The second-order valence-electron chi connectivity index (χ2n) is 9.88. The second-order valence-corrected chi connectivity index (χ2v) is 11.0. The first kappa shape index (κ1) is 23.4. The minimum atomic E-state index is -0.599. The summed E-state index contributed by atoms with van der Waals surface area (Å²) in [7, 11) is 0. The van der Waals surface area contributed by atoms with E-state index >= 15 is 0 Å². The Morgan fingerprint density at radius 1 is 1.30 bits per heavy atom. The molecule has 2 aliphatic rings. The van der Waals surface area contributed by atoms with Crippen molar-refractivity contribution in [1.82, 2.24) is 15.3 Å². The highest BCUT2D eigenvalue weighted by Gasteiger charge is 2.33. The van der Waals surface area contributed by atoms with Crippen LogP contribution in [0.25, 0.3) is 10.2 Å². The second kappa shape index (κ2) is 9.64. The lowest BCUT2D eigenvalue weighted by molar-refractivity contribution is -0.110. The number of rotatable bonds is 6. The number of carbonyl (C=O) groups excluding carboxylic acids is 2. The maximum Gasteiger partial charge on any atom is 0.407 e. The van der Waals surface area contributed by atoms with Crippen molar-refractivity contribution in [2.75, 3.05) is 0 Å². The molecule has 0 bridgehead atoms. The van der Waals surface area contributed by atoms with Gasteiger partial charge in [0.25, 0.3) is 0 Å². The zero-order valence-electron chi connectivity index (χ0n) is 19.3. The van der Waals surface area contributed by atoms with Crippen LogP contribution in [0.3, 0.4) is 0 Å². The average molecular weight is 471 g/mol. The summed E-state index contributed by atoms with van der Waals surface area (Å²) < 4.78 is 11.7. The van der Waals surface area contributed by atoms with Crippen molar-refractivity contribution in [3.63, 3.8) is 0 Å². The Kier molecular flexibility index (Phi) is 6.84. The van der Waals surface area contributed by atoms with E-state index in [2.05, 4.69) is 21.4 Å². The third-order valence-corrected chi connectivity index (χ3v) is 7.41. The van der Waals surface area contributed by atoms with E-state index in [4.69, 9.17) is 9.47 Å². The molecule has 2 aromatic heterocycles. The molecule has 176 valence electrons. The molecule has 2 heterocycles. The fourth-order valence-electron chi connectivity index (χ4n) is 4.77. The molecule has 2 aromatic rings. The number of thiophene rings is 1. The van der Waals surface area contributed by atoms with Gasteiger partial charge in [-0.25, -0.2) is 14.8 Å². The van der Waals surface area contributed by atoms with Gasteiger partial charge in [0.2, 0.25) is 5.88 Å². The number of fused-ring (bicyclic) bond motifs is 3. The van der Waals surface area contributed by atoms with Gasteiger partial charge in [0.05, 0.1) is 11.5 Å². The van der Waals surface area contributed by atoms with Gasteiger partial charge in [-0.2, -0.15) is 5.26 Å². The molecule has 0 aliphatic heterocycles. The van der Waals surface area contributed by atoms with Crippen LogP contribution in [-0.4, -0.2) is 40.1 Å². The van der Waals surface area contributed by atoms with Crippen LogP contribution in [-0.2, 0) is 16.0 Å². The minimum Gasteiger partial charge on any atom is -0.474 e. The molecular weight excluding hydrogens is 440 g/mol. The molecule has 33 heavy (non-hydrogen) atoms. The van der Waals surface area contributed by atoms with Gasteiger partial charge in [0, 0.05) is 10.9 Å². The first-order chi connectivity index (χ1) is 15.8. The normalized spacial score (nSPS) is 23.4. The Hall–Kier alpha value is -2.73. The van der Waals surface area contributed by atoms with Crippen LogP contribution in [0, 0.1) is 17.2 Å². The number of nitriles is 1. The monoisotopic (exact) mass is 470 g/mol.